The van der Waals surface area contributed by atoms with Gasteiger partial charge in [0.1, 0.15) is 0 Å². The van der Waals surface area contributed by atoms with E-state index in [-0.39, 0.29) is 6.04 Å². The molecule has 1 atom stereocenters. The van der Waals surface area contributed by atoms with E-state index in [0.29, 0.717) is 16.5 Å². The molecule has 1 N–H and O–H groups in total. The molecule has 0 spiro atoms. The molecule has 18 heavy (non-hydrogen) atoms. The number of benzene rings is 1. The number of pyridine rings is 1. The predicted octanol–water partition coefficient (Wildman–Crippen LogP) is 3.89. The van der Waals surface area contributed by atoms with Gasteiger partial charge in [-0.15, -0.1) is 0 Å². The Morgan fingerprint density at radius 1 is 1.11 bits per heavy atom. The van der Waals surface area contributed by atoms with Crippen LogP contribution in [0.15, 0.2) is 42.6 Å². The molecule has 94 valence electrons. The molecule has 0 aliphatic carbocycles. The molecule has 0 aliphatic heterocycles. The number of nitrogens with zero attached hydrogens (tertiary/aromatic N) is 1. The van der Waals surface area contributed by atoms with Gasteiger partial charge in [-0.1, -0.05) is 35.3 Å². The summed E-state index contributed by atoms with van der Waals surface area (Å²) >= 11 is 12.4. The second kappa shape index (κ2) is 6.19. The first-order chi connectivity index (χ1) is 8.72. The Labute approximate surface area is 117 Å². The number of hydrogen-bond donors (Lipinski definition) is 1. The second-order valence-electron chi connectivity index (χ2n) is 4.00. The molecule has 4 heteroatoms. The number of nitrogens with one attached hydrogen (secondary N) is 1. The fourth-order valence-electron chi connectivity index (χ4n) is 1.87. The first-order valence-electron chi connectivity index (χ1n) is 5.73. The summed E-state index contributed by atoms with van der Waals surface area (Å²) in [6.45, 7) is 0. The van der Waals surface area contributed by atoms with Gasteiger partial charge in [-0.2, -0.15) is 0 Å². The van der Waals surface area contributed by atoms with Gasteiger partial charge in [-0.05, 0) is 43.3 Å². The van der Waals surface area contributed by atoms with E-state index in [1.807, 2.05) is 43.4 Å². The Bertz CT molecular complexity index is 494. The van der Waals surface area contributed by atoms with E-state index in [0.717, 1.165) is 11.3 Å². The van der Waals surface area contributed by atoms with Crippen LogP contribution in [0.25, 0.3) is 0 Å². The highest BCUT2D eigenvalue weighted by atomic mass is 35.5. The highest BCUT2D eigenvalue weighted by Gasteiger charge is 2.15. The minimum absolute atomic E-state index is 0.101. The summed E-state index contributed by atoms with van der Waals surface area (Å²) in [5, 5.41) is 4.63. The number of aromatic nitrogens is 1. The molecule has 2 aromatic rings. The fourth-order valence-corrected chi connectivity index (χ4v) is 2.42. The molecule has 1 unspecified atom stereocenters. The first-order valence-corrected chi connectivity index (χ1v) is 6.49. The molecule has 0 amide bonds. The second-order valence-corrected chi connectivity index (χ2v) is 4.81. The Hall–Kier alpha value is -1.09. The van der Waals surface area contributed by atoms with E-state index >= 15 is 0 Å². The van der Waals surface area contributed by atoms with E-state index in [2.05, 4.69) is 10.3 Å². The van der Waals surface area contributed by atoms with E-state index in [1.165, 1.54) is 0 Å². The highest BCUT2D eigenvalue weighted by Crippen LogP contribution is 2.28. The van der Waals surface area contributed by atoms with Crippen LogP contribution in [0.4, 0.5) is 0 Å². The molecular weight excluding hydrogens is 267 g/mol. The third-order valence-electron chi connectivity index (χ3n) is 2.86. The van der Waals surface area contributed by atoms with Gasteiger partial charge in [-0.25, -0.2) is 0 Å². The van der Waals surface area contributed by atoms with Crippen LogP contribution in [0.3, 0.4) is 0 Å². The summed E-state index contributed by atoms with van der Waals surface area (Å²) in [5.41, 5.74) is 1.93. The average molecular weight is 281 g/mol. The molecule has 1 heterocycles. The van der Waals surface area contributed by atoms with E-state index in [4.69, 9.17) is 23.2 Å². The van der Waals surface area contributed by atoms with Gasteiger partial charge in [0, 0.05) is 16.2 Å². The Kier molecular flexibility index (Phi) is 4.59. The lowest BCUT2D eigenvalue weighted by Crippen LogP contribution is -2.20. The van der Waals surface area contributed by atoms with Crippen molar-refractivity contribution in [2.45, 2.75) is 12.5 Å². The molecule has 2 nitrogen and oxygen atoms in total. The number of rotatable bonds is 4. The standard InChI is InChI=1S/C14H14Cl2N2/c1-17-14(13-7-2-3-8-18-13)9-10-11(15)5-4-6-12(10)16/h2-8,14,17H,9H2,1H3. The predicted molar refractivity (Wildman–Crippen MR) is 76.2 cm³/mol. The Morgan fingerprint density at radius 2 is 1.83 bits per heavy atom. The van der Waals surface area contributed by atoms with Crippen LogP contribution in [-0.4, -0.2) is 12.0 Å². The summed E-state index contributed by atoms with van der Waals surface area (Å²) < 4.78 is 0. The third kappa shape index (κ3) is 3.02. The lowest BCUT2D eigenvalue weighted by atomic mass is 10.0. The van der Waals surface area contributed by atoms with E-state index < -0.39 is 0 Å². The zero-order chi connectivity index (χ0) is 13.0. The van der Waals surface area contributed by atoms with Crippen molar-refractivity contribution in [3.8, 4) is 0 Å². The monoisotopic (exact) mass is 280 g/mol. The summed E-state index contributed by atoms with van der Waals surface area (Å²) in [7, 11) is 1.91. The van der Waals surface area contributed by atoms with Gasteiger partial charge >= 0.3 is 0 Å². The maximum atomic E-state index is 6.19. The van der Waals surface area contributed by atoms with Gasteiger partial charge in [-0.3, -0.25) is 4.98 Å². The van der Waals surface area contributed by atoms with Gasteiger partial charge < -0.3 is 5.32 Å². The Morgan fingerprint density at radius 3 is 2.39 bits per heavy atom. The molecule has 0 saturated heterocycles. The Balaban J connectivity index is 2.26. The molecular formula is C14H14Cl2N2. The molecule has 0 radical (unpaired) electrons. The SMILES string of the molecule is CNC(Cc1c(Cl)cccc1Cl)c1ccccn1. The fraction of sp³-hybridized carbons (Fsp3) is 0.214. The van der Waals surface area contributed by atoms with Crippen LogP contribution in [0.5, 0.6) is 0 Å². The van der Waals surface area contributed by atoms with Gasteiger partial charge in [0.15, 0.2) is 0 Å². The number of likely N-dealkylation sites (N-methyl/N-ethyl adjacent to an activating group) is 1. The van der Waals surface area contributed by atoms with Crippen molar-refractivity contribution in [1.82, 2.24) is 10.3 Å². The van der Waals surface area contributed by atoms with Gasteiger partial charge in [0.05, 0.1) is 11.7 Å². The molecule has 0 saturated carbocycles. The largest absolute Gasteiger partial charge is 0.311 e. The minimum atomic E-state index is 0.101. The molecule has 0 aliphatic rings. The summed E-state index contributed by atoms with van der Waals surface area (Å²) in [5.74, 6) is 0. The first kappa shape index (κ1) is 13.3. The van der Waals surface area contributed by atoms with Crippen molar-refractivity contribution in [2.24, 2.45) is 0 Å². The smallest absolute Gasteiger partial charge is 0.0576 e. The zero-order valence-electron chi connectivity index (χ0n) is 10.0. The van der Waals surface area contributed by atoms with Crippen LogP contribution in [-0.2, 0) is 6.42 Å². The maximum Gasteiger partial charge on any atom is 0.0576 e. The summed E-state index contributed by atoms with van der Waals surface area (Å²) in [4.78, 5) is 4.36. The summed E-state index contributed by atoms with van der Waals surface area (Å²) in [6.07, 6.45) is 2.50. The lowest BCUT2D eigenvalue weighted by Gasteiger charge is -2.17. The topological polar surface area (TPSA) is 24.9 Å². The van der Waals surface area contributed by atoms with Crippen LogP contribution in [0, 0.1) is 0 Å². The zero-order valence-corrected chi connectivity index (χ0v) is 11.5. The van der Waals surface area contributed by atoms with Gasteiger partial charge in [0.25, 0.3) is 0 Å². The van der Waals surface area contributed by atoms with Crippen molar-refractivity contribution >= 4 is 23.2 Å². The third-order valence-corrected chi connectivity index (χ3v) is 3.57. The van der Waals surface area contributed by atoms with Crippen molar-refractivity contribution in [1.29, 1.82) is 0 Å². The van der Waals surface area contributed by atoms with Crippen LogP contribution in [0.2, 0.25) is 10.0 Å². The van der Waals surface area contributed by atoms with Crippen molar-refractivity contribution in [2.75, 3.05) is 7.05 Å². The number of halogens is 2. The van der Waals surface area contributed by atoms with Crippen molar-refractivity contribution in [3.05, 3.63) is 63.9 Å². The molecule has 0 bridgehead atoms. The lowest BCUT2D eigenvalue weighted by molar-refractivity contribution is 0.576. The van der Waals surface area contributed by atoms with E-state index in [9.17, 15) is 0 Å². The number of hydrogen-bond acceptors (Lipinski definition) is 2. The van der Waals surface area contributed by atoms with Gasteiger partial charge in [0.2, 0.25) is 0 Å². The van der Waals surface area contributed by atoms with Crippen molar-refractivity contribution in [3.63, 3.8) is 0 Å². The van der Waals surface area contributed by atoms with Crippen LogP contribution < -0.4 is 5.32 Å². The maximum absolute atomic E-state index is 6.19. The normalized spacial score (nSPS) is 12.4. The molecule has 1 aromatic carbocycles. The molecule has 1 aromatic heterocycles. The minimum Gasteiger partial charge on any atom is -0.311 e. The quantitative estimate of drug-likeness (QED) is 0.919. The molecule has 0 fully saturated rings. The van der Waals surface area contributed by atoms with Crippen LogP contribution >= 0.6 is 23.2 Å². The molecule has 2 rings (SSSR count). The van der Waals surface area contributed by atoms with Crippen LogP contribution in [0.1, 0.15) is 17.3 Å². The van der Waals surface area contributed by atoms with Crippen molar-refractivity contribution < 1.29 is 0 Å². The van der Waals surface area contributed by atoms with E-state index in [1.54, 1.807) is 6.20 Å². The summed E-state index contributed by atoms with van der Waals surface area (Å²) in [6, 6.07) is 11.5. The average Bonchev–Trinajstić information content (AvgIpc) is 2.40. The highest BCUT2D eigenvalue weighted by molar-refractivity contribution is 6.36.